The number of carboxylic acid groups (broad SMARTS) is 1. The third-order valence-corrected chi connectivity index (χ3v) is 4.43. The Morgan fingerprint density at radius 1 is 1.42 bits per heavy atom. The molecule has 1 fully saturated rings. The zero-order valence-electron chi connectivity index (χ0n) is 11.8. The molecule has 108 valence electrons. The molecule has 0 aromatic heterocycles. The van der Waals surface area contributed by atoms with Gasteiger partial charge in [-0.3, -0.25) is 4.79 Å². The number of nitrogens with zero attached hydrogens (tertiary/aromatic N) is 1. The molecule has 0 saturated heterocycles. The second-order valence-electron chi connectivity index (χ2n) is 5.64. The molecule has 4 nitrogen and oxygen atoms in total. The molecule has 0 aliphatic heterocycles. The third kappa shape index (κ3) is 3.48. The van der Waals surface area contributed by atoms with Crippen LogP contribution >= 0.6 is 0 Å². The minimum absolute atomic E-state index is 0.426. The zero-order valence-corrected chi connectivity index (χ0v) is 11.8. The van der Waals surface area contributed by atoms with Gasteiger partial charge in [0.1, 0.15) is 5.41 Å². The van der Waals surface area contributed by atoms with Gasteiger partial charge in [-0.15, -0.1) is 0 Å². The van der Waals surface area contributed by atoms with Crippen molar-refractivity contribution in [3.8, 4) is 6.07 Å². The van der Waals surface area contributed by atoms with Crippen molar-refractivity contribution >= 4 is 5.97 Å². The van der Waals surface area contributed by atoms with Crippen molar-refractivity contribution in [2.45, 2.75) is 70.8 Å². The molecule has 0 aromatic carbocycles. The lowest BCUT2D eigenvalue weighted by molar-refractivity contribution is -0.165. The second kappa shape index (κ2) is 7.49. The highest BCUT2D eigenvalue weighted by atomic mass is 16.4. The fourth-order valence-electron chi connectivity index (χ4n) is 3.20. The predicted octanol–water partition coefficient (Wildman–Crippen LogP) is 3.10. The smallest absolute Gasteiger partial charge is 0.313 e. The van der Waals surface area contributed by atoms with Gasteiger partial charge in [0.2, 0.25) is 0 Å². The van der Waals surface area contributed by atoms with Gasteiger partial charge in [0.15, 0.2) is 0 Å². The monoisotopic (exact) mass is 267 g/mol. The third-order valence-electron chi connectivity index (χ3n) is 4.43. The predicted molar refractivity (Wildman–Crippen MR) is 72.4 cm³/mol. The molecule has 0 amide bonds. The van der Waals surface area contributed by atoms with Crippen LogP contribution in [0.4, 0.5) is 0 Å². The summed E-state index contributed by atoms with van der Waals surface area (Å²) < 4.78 is 0. The standard InChI is InChI=1S/C15H25NO3/c1-2-3-4-5-8-12(11-16)15(14(18)19)10-7-6-9-13(15)17/h12-13,17H,2-10H2,1H3,(H,18,19). The average molecular weight is 267 g/mol. The number of hydrogen-bond acceptors (Lipinski definition) is 3. The molecule has 0 aromatic rings. The van der Waals surface area contributed by atoms with Gasteiger partial charge in [-0.2, -0.15) is 5.26 Å². The first-order chi connectivity index (χ1) is 9.09. The van der Waals surface area contributed by atoms with Crippen molar-refractivity contribution in [3.63, 3.8) is 0 Å². The van der Waals surface area contributed by atoms with Crippen LogP contribution in [0, 0.1) is 22.7 Å². The lowest BCUT2D eigenvalue weighted by Crippen LogP contribution is -2.50. The Labute approximate surface area is 115 Å². The van der Waals surface area contributed by atoms with Gasteiger partial charge in [-0.1, -0.05) is 45.4 Å². The van der Waals surface area contributed by atoms with Crippen LogP contribution in [0.25, 0.3) is 0 Å². The number of aliphatic carboxylic acids is 1. The number of aliphatic hydroxyl groups excluding tert-OH is 1. The normalized spacial score (nSPS) is 28.6. The number of aliphatic hydroxyl groups is 1. The molecule has 0 spiro atoms. The molecule has 3 atom stereocenters. The van der Waals surface area contributed by atoms with Crippen LogP contribution in [-0.4, -0.2) is 22.3 Å². The van der Waals surface area contributed by atoms with Crippen LogP contribution in [0.2, 0.25) is 0 Å². The minimum atomic E-state index is -1.24. The average Bonchev–Trinajstić information content (AvgIpc) is 2.40. The topological polar surface area (TPSA) is 81.3 Å². The van der Waals surface area contributed by atoms with Crippen LogP contribution in [-0.2, 0) is 4.79 Å². The van der Waals surface area contributed by atoms with Gasteiger partial charge >= 0.3 is 5.97 Å². The first-order valence-electron chi connectivity index (χ1n) is 7.40. The Morgan fingerprint density at radius 2 is 2.16 bits per heavy atom. The van der Waals surface area contributed by atoms with Crippen LogP contribution in [0.1, 0.15) is 64.7 Å². The summed E-state index contributed by atoms with van der Waals surface area (Å²) in [5, 5.41) is 29.1. The van der Waals surface area contributed by atoms with E-state index in [1.54, 1.807) is 0 Å². The molecule has 1 rings (SSSR count). The van der Waals surface area contributed by atoms with Gasteiger partial charge in [-0.05, 0) is 19.3 Å². The van der Waals surface area contributed by atoms with Crippen LogP contribution in [0.3, 0.4) is 0 Å². The molecular formula is C15H25NO3. The maximum absolute atomic E-state index is 11.7. The van der Waals surface area contributed by atoms with Gasteiger partial charge in [0.05, 0.1) is 18.1 Å². The molecule has 1 saturated carbocycles. The van der Waals surface area contributed by atoms with Crippen molar-refractivity contribution in [3.05, 3.63) is 0 Å². The van der Waals surface area contributed by atoms with Crippen molar-refractivity contribution in [2.24, 2.45) is 11.3 Å². The summed E-state index contributed by atoms with van der Waals surface area (Å²) in [6, 6.07) is 2.16. The van der Waals surface area contributed by atoms with Crippen molar-refractivity contribution in [2.75, 3.05) is 0 Å². The van der Waals surface area contributed by atoms with Gasteiger partial charge in [0, 0.05) is 0 Å². The van der Waals surface area contributed by atoms with E-state index in [1.165, 1.54) is 0 Å². The van der Waals surface area contributed by atoms with Crippen molar-refractivity contribution < 1.29 is 15.0 Å². The summed E-state index contributed by atoms with van der Waals surface area (Å²) in [5.41, 5.74) is -1.24. The van der Waals surface area contributed by atoms with Crippen molar-refractivity contribution in [1.82, 2.24) is 0 Å². The van der Waals surface area contributed by atoms with E-state index in [-0.39, 0.29) is 0 Å². The summed E-state index contributed by atoms with van der Waals surface area (Å²) in [6.45, 7) is 2.12. The van der Waals surface area contributed by atoms with Gasteiger partial charge in [0.25, 0.3) is 0 Å². The fourth-order valence-corrected chi connectivity index (χ4v) is 3.20. The molecule has 1 aliphatic carbocycles. The highest BCUT2D eigenvalue weighted by Crippen LogP contribution is 2.45. The van der Waals surface area contributed by atoms with Crippen LogP contribution in [0.15, 0.2) is 0 Å². The lowest BCUT2D eigenvalue weighted by atomic mass is 9.63. The van der Waals surface area contributed by atoms with E-state index in [0.29, 0.717) is 19.3 Å². The van der Waals surface area contributed by atoms with Gasteiger partial charge in [-0.25, -0.2) is 0 Å². The SMILES string of the molecule is CCCCCCC(C#N)C1(C(=O)O)CCCCC1O. The molecule has 19 heavy (non-hydrogen) atoms. The Hall–Kier alpha value is -1.08. The van der Waals surface area contributed by atoms with E-state index in [0.717, 1.165) is 38.5 Å². The number of nitriles is 1. The molecule has 0 radical (unpaired) electrons. The summed E-state index contributed by atoms with van der Waals surface area (Å²) >= 11 is 0. The number of hydrogen-bond donors (Lipinski definition) is 2. The Kier molecular flexibility index (Phi) is 6.30. The Morgan fingerprint density at radius 3 is 2.68 bits per heavy atom. The summed E-state index contributed by atoms with van der Waals surface area (Å²) in [6.07, 6.45) is 6.39. The highest BCUT2D eigenvalue weighted by molar-refractivity contribution is 5.76. The Balaban J connectivity index is 2.77. The molecular weight excluding hydrogens is 242 g/mol. The van der Waals surface area contributed by atoms with Crippen molar-refractivity contribution in [1.29, 1.82) is 5.26 Å². The number of carboxylic acids is 1. The largest absolute Gasteiger partial charge is 0.481 e. The number of carbonyl (C=O) groups is 1. The van der Waals surface area contributed by atoms with E-state index in [2.05, 4.69) is 13.0 Å². The maximum Gasteiger partial charge on any atom is 0.313 e. The van der Waals surface area contributed by atoms with E-state index in [1.807, 2.05) is 0 Å². The molecule has 1 aliphatic rings. The van der Waals surface area contributed by atoms with E-state index in [4.69, 9.17) is 0 Å². The summed E-state index contributed by atoms with van der Waals surface area (Å²) in [7, 11) is 0. The molecule has 3 unspecified atom stereocenters. The van der Waals surface area contributed by atoms with E-state index in [9.17, 15) is 20.3 Å². The lowest BCUT2D eigenvalue weighted by Gasteiger charge is -2.40. The van der Waals surface area contributed by atoms with E-state index >= 15 is 0 Å². The number of rotatable bonds is 7. The molecule has 0 bridgehead atoms. The first kappa shape index (κ1) is 16.0. The second-order valence-corrected chi connectivity index (χ2v) is 5.64. The Bertz CT molecular complexity index is 337. The fraction of sp³-hybridized carbons (Fsp3) is 0.867. The quantitative estimate of drug-likeness (QED) is 0.694. The number of unbranched alkanes of at least 4 members (excludes halogenated alkanes) is 3. The first-order valence-corrected chi connectivity index (χ1v) is 7.40. The molecule has 4 heteroatoms. The minimum Gasteiger partial charge on any atom is -0.481 e. The summed E-state index contributed by atoms with van der Waals surface area (Å²) in [5.74, 6) is -1.57. The highest BCUT2D eigenvalue weighted by Gasteiger charge is 2.52. The van der Waals surface area contributed by atoms with Crippen LogP contribution < -0.4 is 0 Å². The van der Waals surface area contributed by atoms with Gasteiger partial charge < -0.3 is 10.2 Å². The summed E-state index contributed by atoms with van der Waals surface area (Å²) in [4.78, 5) is 11.7. The maximum atomic E-state index is 11.7. The molecule has 0 heterocycles. The van der Waals surface area contributed by atoms with E-state index < -0.39 is 23.4 Å². The van der Waals surface area contributed by atoms with Crippen LogP contribution in [0.5, 0.6) is 0 Å². The molecule has 2 N–H and O–H groups in total. The zero-order chi connectivity index (χ0) is 14.3.